The molecular weight excluding hydrogens is 523 g/mol. The van der Waals surface area contributed by atoms with Gasteiger partial charge in [0, 0.05) is 29.6 Å². The van der Waals surface area contributed by atoms with Gasteiger partial charge in [-0.15, -0.1) is 0 Å². The van der Waals surface area contributed by atoms with E-state index in [1.54, 1.807) is 18.2 Å². The SMILES string of the molecule is N/C(Cl)=C\N(N)c1ccc(Cl)cc1-c1cc(=O)n(C(Cc2ccccc2)C(=O)NCc2ccccc2)cn1. The number of benzene rings is 3. The second-order valence-electron chi connectivity index (χ2n) is 8.51. The quantitative estimate of drug-likeness (QED) is 0.162. The van der Waals surface area contributed by atoms with E-state index in [4.69, 9.17) is 34.8 Å². The predicted octanol–water partition coefficient (Wildman–Crippen LogP) is 4.34. The number of amides is 1. The van der Waals surface area contributed by atoms with Crippen LogP contribution in [0.1, 0.15) is 17.2 Å². The van der Waals surface area contributed by atoms with Crippen molar-refractivity contribution in [2.75, 3.05) is 5.01 Å². The lowest BCUT2D eigenvalue weighted by molar-refractivity contribution is -0.124. The molecule has 0 spiro atoms. The summed E-state index contributed by atoms with van der Waals surface area (Å²) in [6, 6.07) is 24.5. The molecule has 4 rings (SSSR count). The van der Waals surface area contributed by atoms with Gasteiger partial charge in [-0.05, 0) is 29.3 Å². The van der Waals surface area contributed by atoms with Gasteiger partial charge < -0.3 is 11.1 Å². The molecule has 0 saturated heterocycles. The van der Waals surface area contributed by atoms with Crippen molar-refractivity contribution < 1.29 is 4.79 Å². The van der Waals surface area contributed by atoms with Crippen LogP contribution < -0.4 is 27.5 Å². The second-order valence-corrected chi connectivity index (χ2v) is 9.38. The lowest BCUT2D eigenvalue weighted by Crippen LogP contribution is -2.38. The highest BCUT2D eigenvalue weighted by Gasteiger charge is 2.23. The summed E-state index contributed by atoms with van der Waals surface area (Å²) in [4.78, 5) is 31.2. The number of hydrogen-bond donors (Lipinski definition) is 3. The number of nitrogens with two attached hydrogens (primary N) is 2. The zero-order valence-electron chi connectivity index (χ0n) is 20.3. The van der Waals surface area contributed by atoms with Gasteiger partial charge in [-0.2, -0.15) is 0 Å². The number of anilines is 1. The number of nitrogens with zero attached hydrogens (tertiary/aromatic N) is 3. The van der Waals surface area contributed by atoms with Crippen LogP contribution >= 0.6 is 23.2 Å². The molecule has 0 aliphatic carbocycles. The normalized spacial score (nSPS) is 12.1. The third-order valence-corrected chi connectivity index (χ3v) is 6.16. The summed E-state index contributed by atoms with van der Waals surface area (Å²) in [6.07, 6.45) is 2.99. The summed E-state index contributed by atoms with van der Waals surface area (Å²) in [7, 11) is 0. The van der Waals surface area contributed by atoms with Gasteiger partial charge in [0.05, 0.1) is 23.9 Å². The largest absolute Gasteiger partial charge is 0.388 e. The Morgan fingerprint density at radius 2 is 1.68 bits per heavy atom. The molecule has 1 unspecified atom stereocenters. The van der Waals surface area contributed by atoms with Gasteiger partial charge in [0.1, 0.15) is 11.2 Å². The van der Waals surface area contributed by atoms with E-state index in [-0.39, 0.29) is 11.1 Å². The Morgan fingerprint density at radius 1 is 1.03 bits per heavy atom. The first kappa shape index (κ1) is 26.9. The fraction of sp³-hybridized carbons (Fsp3) is 0.107. The van der Waals surface area contributed by atoms with Gasteiger partial charge in [0.25, 0.3) is 5.56 Å². The highest BCUT2D eigenvalue weighted by Crippen LogP contribution is 2.31. The predicted molar refractivity (Wildman–Crippen MR) is 151 cm³/mol. The summed E-state index contributed by atoms with van der Waals surface area (Å²) < 4.78 is 1.33. The third kappa shape index (κ3) is 6.80. The van der Waals surface area contributed by atoms with Crippen LogP contribution in [-0.4, -0.2) is 15.5 Å². The Kier molecular flexibility index (Phi) is 8.81. The fourth-order valence-corrected chi connectivity index (χ4v) is 4.27. The Labute approximate surface area is 230 Å². The van der Waals surface area contributed by atoms with Crippen LogP contribution in [0.4, 0.5) is 5.69 Å². The molecule has 3 aromatic carbocycles. The Bertz CT molecular complexity index is 1490. The van der Waals surface area contributed by atoms with Crippen LogP contribution in [0.15, 0.2) is 107 Å². The number of hydrazine groups is 1. The first-order chi connectivity index (χ1) is 18.3. The first-order valence-corrected chi connectivity index (χ1v) is 12.5. The zero-order chi connectivity index (χ0) is 27.1. The van der Waals surface area contributed by atoms with E-state index >= 15 is 0 Å². The molecule has 5 N–H and O–H groups in total. The van der Waals surface area contributed by atoms with Crippen molar-refractivity contribution in [3.8, 4) is 11.3 Å². The number of halogens is 2. The average Bonchev–Trinajstić information content (AvgIpc) is 2.91. The van der Waals surface area contributed by atoms with E-state index in [1.807, 2.05) is 60.7 Å². The lowest BCUT2D eigenvalue weighted by Gasteiger charge is -2.21. The molecule has 10 heteroatoms. The molecule has 4 aromatic rings. The van der Waals surface area contributed by atoms with Crippen molar-refractivity contribution in [3.63, 3.8) is 0 Å². The summed E-state index contributed by atoms with van der Waals surface area (Å²) in [6.45, 7) is 0.334. The highest BCUT2D eigenvalue weighted by molar-refractivity contribution is 6.31. The number of nitrogens with one attached hydrogen (secondary N) is 1. The Morgan fingerprint density at radius 3 is 2.32 bits per heavy atom. The minimum absolute atomic E-state index is 0.0259. The summed E-state index contributed by atoms with van der Waals surface area (Å²) in [5.41, 5.74) is 8.29. The Balaban J connectivity index is 1.69. The van der Waals surface area contributed by atoms with E-state index in [0.29, 0.717) is 34.9 Å². The maximum atomic E-state index is 13.4. The first-order valence-electron chi connectivity index (χ1n) is 11.7. The molecule has 0 saturated carbocycles. The molecule has 194 valence electrons. The minimum atomic E-state index is -0.820. The maximum Gasteiger partial charge on any atom is 0.254 e. The molecule has 0 bridgehead atoms. The van der Waals surface area contributed by atoms with Crippen molar-refractivity contribution in [2.24, 2.45) is 11.6 Å². The molecule has 0 aliphatic rings. The average molecular weight is 549 g/mol. The highest BCUT2D eigenvalue weighted by atomic mass is 35.5. The van der Waals surface area contributed by atoms with Gasteiger partial charge >= 0.3 is 0 Å². The van der Waals surface area contributed by atoms with E-state index < -0.39 is 11.6 Å². The number of hydrogen-bond acceptors (Lipinski definition) is 6. The number of aromatic nitrogens is 2. The summed E-state index contributed by atoms with van der Waals surface area (Å²) in [5, 5.41) is 4.56. The lowest BCUT2D eigenvalue weighted by atomic mass is 10.0. The molecule has 8 nitrogen and oxygen atoms in total. The Hall–Kier alpha value is -4.11. The van der Waals surface area contributed by atoms with Gasteiger partial charge in [-0.1, -0.05) is 83.9 Å². The number of carbonyl (C=O) groups excluding carboxylic acids is 1. The molecule has 1 heterocycles. The van der Waals surface area contributed by atoms with Crippen LogP contribution in [0.2, 0.25) is 5.02 Å². The van der Waals surface area contributed by atoms with Crippen LogP contribution in [-0.2, 0) is 17.8 Å². The van der Waals surface area contributed by atoms with Gasteiger partial charge in [-0.25, -0.2) is 10.8 Å². The van der Waals surface area contributed by atoms with Crippen LogP contribution in [0.5, 0.6) is 0 Å². The van der Waals surface area contributed by atoms with E-state index in [1.165, 1.54) is 28.2 Å². The molecule has 1 atom stereocenters. The standard InChI is InChI=1S/C28H26Cl2N6O2/c29-21-11-12-24(36(32)17-26(30)31)22(14-21)23-15-27(37)35(18-34-23)25(13-19-7-3-1-4-8-19)28(38)33-16-20-9-5-2-6-10-20/h1-12,14-15,17-18,25H,13,16,31-32H2,(H,33,38)/b26-17-. The summed E-state index contributed by atoms with van der Waals surface area (Å²) >= 11 is 12.0. The second kappa shape index (κ2) is 12.4. The number of rotatable bonds is 9. The molecular formula is C28H26Cl2N6O2. The van der Waals surface area contributed by atoms with Crippen LogP contribution in [0, 0.1) is 0 Å². The van der Waals surface area contributed by atoms with E-state index in [9.17, 15) is 9.59 Å². The topological polar surface area (TPSA) is 119 Å². The van der Waals surface area contributed by atoms with Crippen LogP contribution in [0.25, 0.3) is 11.3 Å². The van der Waals surface area contributed by atoms with E-state index in [0.717, 1.165) is 11.1 Å². The molecule has 0 radical (unpaired) electrons. The van der Waals surface area contributed by atoms with Crippen molar-refractivity contribution >= 4 is 34.8 Å². The van der Waals surface area contributed by atoms with Gasteiger partial charge in [0.15, 0.2) is 0 Å². The van der Waals surface area contributed by atoms with Crippen molar-refractivity contribution in [2.45, 2.75) is 19.0 Å². The van der Waals surface area contributed by atoms with Crippen molar-refractivity contribution in [1.82, 2.24) is 14.9 Å². The van der Waals surface area contributed by atoms with E-state index in [2.05, 4.69) is 10.3 Å². The molecule has 0 fully saturated rings. The van der Waals surface area contributed by atoms with Crippen molar-refractivity contribution in [1.29, 1.82) is 0 Å². The monoisotopic (exact) mass is 548 g/mol. The van der Waals surface area contributed by atoms with Gasteiger partial charge in [0.2, 0.25) is 5.91 Å². The van der Waals surface area contributed by atoms with Crippen LogP contribution in [0.3, 0.4) is 0 Å². The fourth-order valence-electron chi connectivity index (χ4n) is 3.99. The third-order valence-electron chi connectivity index (χ3n) is 5.83. The zero-order valence-corrected chi connectivity index (χ0v) is 21.8. The molecule has 1 amide bonds. The van der Waals surface area contributed by atoms with Crippen molar-refractivity contribution in [3.05, 3.63) is 129 Å². The molecule has 38 heavy (non-hydrogen) atoms. The number of carbonyl (C=O) groups is 1. The van der Waals surface area contributed by atoms with Gasteiger partial charge in [-0.3, -0.25) is 19.2 Å². The molecule has 1 aromatic heterocycles. The smallest absolute Gasteiger partial charge is 0.254 e. The molecule has 0 aliphatic heterocycles. The minimum Gasteiger partial charge on any atom is -0.388 e. The maximum absolute atomic E-state index is 13.4. The summed E-state index contributed by atoms with van der Waals surface area (Å²) in [5.74, 6) is 5.80.